The Morgan fingerprint density at radius 1 is 1.13 bits per heavy atom. The summed E-state index contributed by atoms with van der Waals surface area (Å²) in [6, 6.07) is 6.39. The fourth-order valence-corrected chi connectivity index (χ4v) is 4.37. The molecule has 0 bridgehead atoms. The predicted octanol–water partition coefficient (Wildman–Crippen LogP) is 4.39. The Labute approximate surface area is 232 Å². The second kappa shape index (κ2) is 12.3. The van der Waals surface area contributed by atoms with Crippen LogP contribution >= 0.6 is 23.2 Å². The number of hydrogen-bond donors (Lipinski definition) is 1. The molecule has 2 atom stereocenters. The van der Waals surface area contributed by atoms with Crippen molar-refractivity contribution in [2.75, 3.05) is 26.7 Å². The number of halogens is 6. The Kier molecular flexibility index (Phi) is 9.60. The van der Waals surface area contributed by atoms with Crippen molar-refractivity contribution in [3.05, 3.63) is 69.0 Å². The van der Waals surface area contributed by atoms with Gasteiger partial charge in [-0.3, -0.25) is 19.2 Å². The van der Waals surface area contributed by atoms with E-state index in [2.05, 4.69) is 5.32 Å². The highest BCUT2D eigenvalue weighted by molar-refractivity contribution is 6.42. The van der Waals surface area contributed by atoms with Crippen molar-refractivity contribution in [1.82, 2.24) is 15.1 Å². The van der Waals surface area contributed by atoms with Gasteiger partial charge in [0, 0.05) is 38.3 Å². The van der Waals surface area contributed by atoms with Gasteiger partial charge in [0.15, 0.2) is 0 Å². The summed E-state index contributed by atoms with van der Waals surface area (Å²) >= 11 is 11.9. The average Bonchev–Trinajstić information content (AvgIpc) is 3.15. The summed E-state index contributed by atoms with van der Waals surface area (Å²) in [4.78, 5) is 52.2. The van der Waals surface area contributed by atoms with E-state index in [9.17, 15) is 36.7 Å². The molecule has 1 fully saturated rings. The molecule has 1 aliphatic heterocycles. The first-order valence-electron chi connectivity index (χ1n) is 11.9. The van der Waals surface area contributed by atoms with E-state index >= 15 is 0 Å². The lowest BCUT2D eigenvalue weighted by atomic mass is 10.0. The first-order chi connectivity index (χ1) is 18.2. The molecule has 0 aliphatic carbocycles. The van der Waals surface area contributed by atoms with Gasteiger partial charge in [-0.25, -0.2) is 4.39 Å². The Morgan fingerprint density at radius 2 is 1.82 bits per heavy atom. The summed E-state index contributed by atoms with van der Waals surface area (Å²) in [6.07, 6.45) is -3.72. The lowest BCUT2D eigenvalue weighted by Gasteiger charge is -2.22. The number of amides is 3. The van der Waals surface area contributed by atoms with Crippen LogP contribution in [0.25, 0.3) is 0 Å². The van der Waals surface area contributed by atoms with Crippen molar-refractivity contribution in [3.8, 4) is 0 Å². The van der Waals surface area contributed by atoms with Gasteiger partial charge >= 0.3 is 6.18 Å². The molecule has 3 rings (SSSR count). The molecule has 210 valence electrons. The number of benzene rings is 2. The van der Waals surface area contributed by atoms with Crippen molar-refractivity contribution in [1.29, 1.82) is 0 Å². The van der Waals surface area contributed by atoms with Gasteiger partial charge in [-0.1, -0.05) is 29.3 Å². The molecule has 39 heavy (non-hydrogen) atoms. The van der Waals surface area contributed by atoms with Crippen molar-refractivity contribution in [2.45, 2.75) is 32.0 Å². The second-order valence-corrected chi connectivity index (χ2v) is 10.1. The van der Waals surface area contributed by atoms with Crippen molar-refractivity contribution in [2.24, 2.45) is 5.92 Å². The standard InChI is InChI=1S/C26H25Cl2F4N3O4/c1-14(3-4-15-5-6-20(27)21(28)9-15)33-23(37)19-13-35(25(39)22(19)36)8-7-34(2)24(38)16-10-17(26(30,31)32)12-18(29)11-16/h5-6,9-12,14,19H,3-4,7-8,13H2,1-2H3,(H,33,37). The lowest BCUT2D eigenvalue weighted by Crippen LogP contribution is -2.41. The largest absolute Gasteiger partial charge is 0.416 e. The molecule has 2 unspecified atom stereocenters. The number of rotatable bonds is 9. The molecule has 0 radical (unpaired) electrons. The minimum atomic E-state index is -4.84. The Bertz CT molecular complexity index is 1290. The van der Waals surface area contributed by atoms with Crippen LogP contribution in [0.15, 0.2) is 36.4 Å². The molecule has 0 aromatic heterocycles. The molecule has 1 heterocycles. The van der Waals surface area contributed by atoms with E-state index < -0.39 is 52.5 Å². The van der Waals surface area contributed by atoms with Crippen molar-refractivity contribution >= 4 is 46.7 Å². The van der Waals surface area contributed by atoms with Crippen LogP contribution in [0.5, 0.6) is 0 Å². The summed E-state index contributed by atoms with van der Waals surface area (Å²) in [5.41, 5.74) is -0.907. The summed E-state index contributed by atoms with van der Waals surface area (Å²) in [6.45, 7) is 1.24. The van der Waals surface area contributed by atoms with E-state index in [0.717, 1.165) is 15.4 Å². The molecular formula is C26H25Cl2F4N3O4. The van der Waals surface area contributed by atoms with Crippen LogP contribution in [0.2, 0.25) is 10.0 Å². The zero-order chi connectivity index (χ0) is 29.1. The zero-order valence-electron chi connectivity index (χ0n) is 20.9. The number of likely N-dealkylation sites (tertiary alicyclic amines) is 1. The van der Waals surface area contributed by atoms with Gasteiger partial charge in [0.1, 0.15) is 11.7 Å². The van der Waals surface area contributed by atoms with Gasteiger partial charge < -0.3 is 15.1 Å². The van der Waals surface area contributed by atoms with E-state index in [-0.39, 0.29) is 31.7 Å². The summed E-state index contributed by atoms with van der Waals surface area (Å²) in [5.74, 6) is -5.75. The third-order valence-corrected chi connectivity index (χ3v) is 7.04. The first-order valence-corrected chi connectivity index (χ1v) is 12.6. The molecular weight excluding hydrogens is 565 g/mol. The van der Waals surface area contributed by atoms with Crippen LogP contribution in [-0.2, 0) is 27.0 Å². The highest BCUT2D eigenvalue weighted by atomic mass is 35.5. The van der Waals surface area contributed by atoms with E-state index in [0.29, 0.717) is 35.0 Å². The van der Waals surface area contributed by atoms with E-state index in [1.165, 1.54) is 7.05 Å². The van der Waals surface area contributed by atoms with Gasteiger partial charge in [-0.15, -0.1) is 0 Å². The van der Waals surface area contributed by atoms with Crippen LogP contribution in [0, 0.1) is 11.7 Å². The van der Waals surface area contributed by atoms with Crippen LogP contribution in [-0.4, -0.2) is 66.0 Å². The summed E-state index contributed by atoms with van der Waals surface area (Å²) in [5, 5.41) is 3.57. The molecule has 7 nitrogen and oxygen atoms in total. The van der Waals surface area contributed by atoms with Gasteiger partial charge in [0.05, 0.1) is 15.6 Å². The fourth-order valence-electron chi connectivity index (χ4n) is 4.05. The highest BCUT2D eigenvalue weighted by Crippen LogP contribution is 2.30. The van der Waals surface area contributed by atoms with E-state index in [4.69, 9.17) is 23.2 Å². The number of aryl methyl sites for hydroxylation is 1. The lowest BCUT2D eigenvalue weighted by molar-refractivity contribution is -0.142. The van der Waals surface area contributed by atoms with Gasteiger partial charge in [0.25, 0.3) is 11.8 Å². The number of Topliss-reactive ketones (excluding diaryl/α,β-unsaturated/α-hetero) is 1. The SMILES string of the molecule is CC(CCc1ccc(Cl)c(Cl)c1)NC(=O)C1CN(CCN(C)C(=O)c2cc(F)cc(C(F)(F)F)c2)C(=O)C1=O. The Hall–Kier alpha value is -3.18. The zero-order valence-corrected chi connectivity index (χ0v) is 22.5. The fraction of sp³-hybridized carbons (Fsp3) is 0.385. The Balaban J connectivity index is 1.53. The molecule has 13 heteroatoms. The third-order valence-electron chi connectivity index (χ3n) is 6.30. The molecule has 1 aliphatic rings. The first kappa shape index (κ1) is 30.4. The number of likely N-dealkylation sites (N-methyl/N-ethyl adjacent to an activating group) is 1. The predicted molar refractivity (Wildman–Crippen MR) is 136 cm³/mol. The van der Waals surface area contributed by atoms with Crippen molar-refractivity contribution in [3.63, 3.8) is 0 Å². The monoisotopic (exact) mass is 589 g/mol. The number of carbonyl (C=O) groups excluding carboxylic acids is 4. The minimum absolute atomic E-state index is 0.148. The molecule has 1 saturated heterocycles. The van der Waals surface area contributed by atoms with E-state index in [1.807, 2.05) is 6.07 Å². The molecule has 1 N–H and O–H groups in total. The Morgan fingerprint density at radius 3 is 2.46 bits per heavy atom. The number of alkyl halides is 3. The van der Waals surface area contributed by atoms with Crippen LogP contribution < -0.4 is 5.32 Å². The molecule has 0 saturated carbocycles. The van der Waals surface area contributed by atoms with Crippen LogP contribution in [0.3, 0.4) is 0 Å². The number of ketones is 1. The normalized spacial score (nSPS) is 16.4. The van der Waals surface area contributed by atoms with Crippen LogP contribution in [0.4, 0.5) is 17.6 Å². The smallest absolute Gasteiger partial charge is 0.353 e. The maximum atomic E-state index is 13.7. The second-order valence-electron chi connectivity index (χ2n) is 9.32. The maximum absolute atomic E-state index is 13.7. The number of hydrogen-bond acceptors (Lipinski definition) is 4. The molecule has 2 aromatic carbocycles. The van der Waals surface area contributed by atoms with Gasteiger partial charge in [-0.05, 0) is 55.7 Å². The van der Waals surface area contributed by atoms with Crippen LogP contribution in [0.1, 0.15) is 34.8 Å². The molecule has 3 amide bonds. The summed E-state index contributed by atoms with van der Waals surface area (Å²) in [7, 11) is 1.27. The maximum Gasteiger partial charge on any atom is 0.416 e. The number of carbonyl (C=O) groups is 4. The van der Waals surface area contributed by atoms with Gasteiger partial charge in [0.2, 0.25) is 11.7 Å². The minimum Gasteiger partial charge on any atom is -0.353 e. The third kappa shape index (κ3) is 7.69. The quantitative estimate of drug-likeness (QED) is 0.267. The highest BCUT2D eigenvalue weighted by Gasteiger charge is 2.43. The summed E-state index contributed by atoms with van der Waals surface area (Å²) < 4.78 is 52.6. The molecule has 0 spiro atoms. The molecule has 2 aromatic rings. The number of nitrogens with one attached hydrogen (secondary N) is 1. The van der Waals surface area contributed by atoms with E-state index in [1.54, 1.807) is 19.1 Å². The van der Waals surface area contributed by atoms with Crippen molar-refractivity contribution < 1.29 is 36.7 Å². The van der Waals surface area contributed by atoms with Gasteiger partial charge in [-0.2, -0.15) is 13.2 Å². The average molecular weight is 590 g/mol. The topological polar surface area (TPSA) is 86.8 Å². The number of nitrogens with zero attached hydrogens (tertiary/aromatic N) is 2.